The highest BCUT2D eigenvalue weighted by Gasteiger charge is 2.36. The Bertz CT molecular complexity index is 1120. The zero-order valence-corrected chi connectivity index (χ0v) is 16.9. The molecule has 9 heteroatoms. The number of carbonyl (C=O) groups is 1. The van der Waals surface area contributed by atoms with Gasteiger partial charge in [-0.15, -0.1) is 5.10 Å². The first kappa shape index (κ1) is 19.2. The normalized spacial score (nSPS) is 16.4. The minimum atomic E-state index is -0.390. The van der Waals surface area contributed by atoms with Gasteiger partial charge in [-0.25, -0.2) is 4.68 Å². The molecule has 2 aliphatic rings. The molecule has 0 radical (unpaired) electrons. The van der Waals surface area contributed by atoms with Crippen molar-refractivity contribution in [2.75, 3.05) is 31.1 Å². The molecule has 0 N–H and O–H groups in total. The van der Waals surface area contributed by atoms with Gasteiger partial charge in [0.25, 0.3) is 11.6 Å². The highest BCUT2D eigenvalue weighted by atomic mass is 16.6. The standard InChI is InChI=1S/C22H22N6O3/c29-22(20-21(16-9-10-16)27(24-23-20)17-5-2-1-3-6-17)26-13-11-25(12-14-26)18-7-4-8-19(15-18)28(30)31/h1-8,15-16H,9-14H2. The van der Waals surface area contributed by atoms with Crippen molar-refractivity contribution < 1.29 is 9.72 Å². The van der Waals surface area contributed by atoms with Crippen LogP contribution in [0.5, 0.6) is 0 Å². The van der Waals surface area contributed by atoms with Gasteiger partial charge in [-0.2, -0.15) is 0 Å². The van der Waals surface area contributed by atoms with Gasteiger partial charge < -0.3 is 9.80 Å². The van der Waals surface area contributed by atoms with Crippen LogP contribution < -0.4 is 4.90 Å². The van der Waals surface area contributed by atoms with Gasteiger partial charge in [0.05, 0.1) is 16.3 Å². The molecular formula is C22H22N6O3. The van der Waals surface area contributed by atoms with Crippen molar-refractivity contribution in [2.45, 2.75) is 18.8 Å². The lowest BCUT2D eigenvalue weighted by molar-refractivity contribution is -0.384. The lowest BCUT2D eigenvalue weighted by Crippen LogP contribution is -2.49. The van der Waals surface area contributed by atoms with E-state index >= 15 is 0 Å². The maximum absolute atomic E-state index is 13.3. The van der Waals surface area contributed by atoms with Crippen molar-refractivity contribution in [3.8, 4) is 5.69 Å². The summed E-state index contributed by atoms with van der Waals surface area (Å²) in [7, 11) is 0. The van der Waals surface area contributed by atoms with Crippen molar-refractivity contribution in [1.82, 2.24) is 19.9 Å². The lowest BCUT2D eigenvalue weighted by Gasteiger charge is -2.35. The first-order valence-corrected chi connectivity index (χ1v) is 10.4. The molecule has 1 saturated heterocycles. The van der Waals surface area contributed by atoms with Crippen LogP contribution in [0.4, 0.5) is 11.4 Å². The Labute approximate surface area is 179 Å². The van der Waals surface area contributed by atoms with Crippen LogP contribution in [-0.4, -0.2) is 56.9 Å². The van der Waals surface area contributed by atoms with Crippen LogP contribution in [0.15, 0.2) is 54.6 Å². The maximum atomic E-state index is 13.3. The summed E-state index contributed by atoms with van der Waals surface area (Å²) in [5.74, 6) is 0.225. The van der Waals surface area contributed by atoms with Crippen molar-refractivity contribution in [3.63, 3.8) is 0 Å². The number of hydrogen-bond acceptors (Lipinski definition) is 6. The predicted octanol–water partition coefficient (Wildman–Crippen LogP) is 3.02. The fraction of sp³-hybridized carbons (Fsp3) is 0.318. The molecule has 2 aromatic carbocycles. The van der Waals surface area contributed by atoms with E-state index in [9.17, 15) is 14.9 Å². The molecule has 2 heterocycles. The Kier molecular flexibility index (Phi) is 4.85. The third-order valence-corrected chi connectivity index (χ3v) is 5.84. The van der Waals surface area contributed by atoms with Crippen LogP contribution in [0.3, 0.4) is 0 Å². The highest BCUT2D eigenvalue weighted by Crippen LogP contribution is 2.42. The van der Waals surface area contributed by atoms with Gasteiger partial charge in [0.2, 0.25) is 0 Å². The Morgan fingerprint density at radius 2 is 1.68 bits per heavy atom. The van der Waals surface area contributed by atoms with Crippen molar-refractivity contribution in [2.24, 2.45) is 0 Å². The zero-order valence-electron chi connectivity index (χ0n) is 16.9. The summed E-state index contributed by atoms with van der Waals surface area (Å²) in [4.78, 5) is 27.8. The second-order valence-electron chi connectivity index (χ2n) is 7.90. The number of amides is 1. The third kappa shape index (κ3) is 3.74. The van der Waals surface area contributed by atoms with Crippen LogP contribution in [0.1, 0.15) is 34.9 Å². The highest BCUT2D eigenvalue weighted by molar-refractivity contribution is 5.94. The summed E-state index contributed by atoms with van der Waals surface area (Å²) in [5, 5.41) is 19.6. The average molecular weight is 418 g/mol. The van der Waals surface area contributed by atoms with E-state index < -0.39 is 4.92 Å². The number of rotatable bonds is 5. The van der Waals surface area contributed by atoms with Crippen LogP contribution >= 0.6 is 0 Å². The molecule has 0 spiro atoms. The second-order valence-corrected chi connectivity index (χ2v) is 7.90. The fourth-order valence-corrected chi connectivity index (χ4v) is 4.05. The molecule has 9 nitrogen and oxygen atoms in total. The lowest BCUT2D eigenvalue weighted by atomic mass is 10.1. The Hall–Kier alpha value is -3.75. The molecule has 1 aromatic heterocycles. The Balaban J connectivity index is 1.33. The van der Waals surface area contributed by atoms with E-state index in [1.165, 1.54) is 6.07 Å². The topological polar surface area (TPSA) is 97.4 Å². The molecule has 158 valence electrons. The SMILES string of the molecule is O=C(c1nnn(-c2ccccc2)c1C1CC1)N1CCN(c2cccc([N+](=O)[O-])c2)CC1. The smallest absolute Gasteiger partial charge is 0.276 e. The molecule has 5 rings (SSSR count). The van der Waals surface area contributed by atoms with Gasteiger partial charge in [-0.1, -0.05) is 29.5 Å². The molecule has 2 fully saturated rings. The molecule has 1 aliphatic carbocycles. The van der Waals surface area contributed by atoms with Gasteiger partial charge >= 0.3 is 0 Å². The van der Waals surface area contributed by atoms with Crippen molar-refractivity contribution in [3.05, 3.63) is 76.1 Å². The number of nitrogens with zero attached hydrogens (tertiary/aromatic N) is 6. The Morgan fingerprint density at radius 3 is 2.35 bits per heavy atom. The summed E-state index contributed by atoms with van der Waals surface area (Å²) in [5.41, 5.74) is 3.12. The van der Waals surface area contributed by atoms with E-state index in [0.717, 1.165) is 29.9 Å². The first-order valence-electron chi connectivity index (χ1n) is 10.4. The van der Waals surface area contributed by atoms with E-state index in [1.54, 1.807) is 21.7 Å². The molecule has 31 heavy (non-hydrogen) atoms. The number of para-hydroxylation sites is 1. The second kappa shape index (κ2) is 7.82. The monoisotopic (exact) mass is 418 g/mol. The van der Waals surface area contributed by atoms with Crippen LogP contribution in [0.25, 0.3) is 5.69 Å². The number of non-ortho nitro benzene ring substituents is 1. The summed E-state index contributed by atoms with van der Waals surface area (Å²) >= 11 is 0. The van der Waals surface area contributed by atoms with E-state index in [0.29, 0.717) is 37.8 Å². The predicted molar refractivity (Wildman–Crippen MR) is 115 cm³/mol. The number of aromatic nitrogens is 3. The quantitative estimate of drug-likeness (QED) is 0.467. The average Bonchev–Trinajstić information content (AvgIpc) is 3.57. The van der Waals surface area contributed by atoms with Crippen LogP contribution in [-0.2, 0) is 0 Å². The summed E-state index contributed by atoms with van der Waals surface area (Å²) < 4.78 is 1.80. The zero-order chi connectivity index (χ0) is 21.4. The first-order chi connectivity index (χ1) is 15.1. The summed E-state index contributed by atoms with van der Waals surface area (Å²) in [6, 6.07) is 16.4. The molecule has 0 bridgehead atoms. The minimum absolute atomic E-state index is 0.0719. The number of nitro benzene ring substituents is 1. The Morgan fingerprint density at radius 1 is 0.968 bits per heavy atom. The minimum Gasteiger partial charge on any atom is -0.368 e. The van der Waals surface area contributed by atoms with Gasteiger partial charge in [0.1, 0.15) is 0 Å². The van der Waals surface area contributed by atoms with Crippen molar-refractivity contribution >= 4 is 17.3 Å². The number of anilines is 1. The number of carbonyl (C=O) groups excluding carboxylic acids is 1. The summed E-state index contributed by atoms with van der Waals surface area (Å²) in [6.45, 7) is 2.28. The number of nitro groups is 1. The molecular weight excluding hydrogens is 396 g/mol. The fourth-order valence-electron chi connectivity index (χ4n) is 4.05. The number of benzene rings is 2. The van der Waals surface area contributed by atoms with Crippen molar-refractivity contribution in [1.29, 1.82) is 0 Å². The van der Waals surface area contributed by atoms with Gasteiger partial charge in [-0.3, -0.25) is 14.9 Å². The number of piperazine rings is 1. The third-order valence-electron chi connectivity index (χ3n) is 5.84. The van der Waals surface area contributed by atoms with E-state index in [1.807, 2.05) is 36.4 Å². The van der Waals surface area contributed by atoms with Crippen LogP contribution in [0.2, 0.25) is 0 Å². The van der Waals surface area contributed by atoms with E-state index in [4.69, 9.17) is 0 Å². The largest absolute Gasteiger partial charge is 0.368 e. The number of hydrogen-bond donors (Lipinski definition) is 0. The van der Waals surface area contributed by atoms with Gasteiger partial charge in [0, 0.05) is 49.9 Å². The molecule has 1 aliphatic heterocycles. The molecule has 1 saturated carbocycles. The van der Waals surface area contributed by atoms with Crippen LogP contribution in [0, 0.1) is 10.1 Å². The molecule has 3 aromatic rings. The molecule has 0 atom stereocenters. The van der Waals surface area contributed by atoms with Gasteiger partial charge in [-0.05, 0) is 31.0 Å². The molecule has 1 amide bonds. The van der Waals surface area contributed by atoms with E-state index in [-0.39, 0.29) is 11.6 Å². The summed E-state index contributed by atoms with van der Waals surface area (Å²) in [6.07, 6.45) is 2.09. The van der Waals surface area contributed by atoms with E-state index in [2.05, 4.69) is 15.2 Å². The van der Waals surface area contributed by atoms with Gasteiger partial charge in [0.15, 0.2) is 5.69 Å². The molecule has 0 unspecified atom stereocenters. The maximum Gasteiger partial charge on any atom is 0.276 e.